The van der Waals surface area contributed by atoms with E-state index in [9.17, 15) is 14.9 Å². The number of aryl methyl sites for hydroxylation is 1. The molecule has 0 aliphatic carbocycles. The van der Waals surface area contributed by atoms with Crippen molar-refractivity contribution in [1.29, 1.82) is 0 Å². The highest BCUT2D eigenvalue weighted by molar-refractivity contribution is 9.09. The van der Waals surface area contributed by atoms with Crippen molar-refractivity contribution in [2.45, 2.75) is 36.8 Å². The largest absolute Gasteiger partial charge is 0.461 e. The van der Waals surface area contributed by atoms with Crippen molar-refractivity contribution >= 4 is 27.6 Å². The molecule has 1 aromatic rings. The fourth-order valence-electron chi connectivity index (χ4n) is 2.41. The Kier molecular flexibility index (Phi) is 4.94. The van der Waals surface area contributed by atoms with Gasteiger partial charge in [0.25, 0.3) is 0 Å². The number of nitrogens with zero attached hydrogens (tertiary/aromatic N) is 3. The zero-order valence-electron chi connectivity index (χ0n) is 11.7. The molecule has 1 aromatic heterocycles. The van der Waals surface area contributed by atoms with Gasteiger partial charge in [-0.1, -0.05) is 15.9 Å². The van der Waals surface area contributed by atoms with E-state index in [0.717, 1.165) is 0 Å². The molecule has 0 aromatic carbocycles. The van der Waals surface area contributed by atoms with Crippen molar-refractivity contribution in [1.82, 2.24) is 9.78 Å². The van der Waals surface area contributed by atoms with Gasteiger partial charge >= 0.3 is 11.7 Å². The van der Waals surface area contributed by atoms with Crippen LogP contribution in [0.25, 0.3) is 0 Å². The Labute approximate surface area is 129 Å². The van der Waals surface area contributed by atoms with Gasteiger partial charge in [-0.05, 0) is 12.8 Å². The Morgan fingerprint density at radius 1 is 1.62 bits per heavy atom. The molecular weight excluding hydrogens is 346 g/mol. The molecule has 9 heteroatoms. The number of esters is 1. The topological polar surface area (TPSA) is 96.5 Å². The molecule has 0 bridgehead atoms. The molecule has 1 aliphatic rings. The van der Waals surface area contributed by atoms with Crippen LogP contribution >= 0.6 is 15.9 Å². The highest BCUT2D eigenvalue weighted by Gasteiger charge is 2.34. The second-order valence-electron chi connectivity index (χ2n) is 4.86. The van der Waals surface area contributed by atoms with Gasteiger partial charge in [-0.3, -0.25) is 19.6 Å². The summed E-state index contributed by atoms with van der Waals surface area (Å²) in [6, 6.07) is 0. The SMILES string of the molecule is CC(=O)O[C@@H]1CC[C@@H](c2c([N+](=O)[O-])cnn2C)OC[C@@H]1Br. The molecule has 0 saturated carbocycles. The van der Waals surface area contributed by atoms with Crippen LogP contribution in [0.4, 0.5) is 5.69 Å². The van der Waals surface area contributed by atoms with E-state index in [4.69, 9.17) is 9.47 Å². The fraction of sp³-hybridized carbons (Fsp3) is 0.667. The van der Waals surface area contributed by atoms with Gasteiger partial charge in [0.2, 0.25) is 0 Å². The minimum Gasteiger partial charge on any atom is -0.461 e. The number of ether oxygens (including phenoxy) is 2. The summed E-state index contributed by atoms with van der Waals surface area (Å²) in [6.07, 6.45) is 1.54. The zero-order chi connectivity index (χ0) is 15.6. The number of nitro groups is 1. The van der Waals surface area contributed by atoms with Crippen LogP contribution in [0.15, 0.2) is 6.20 Å². The molecule has 0 amide bonds. The van der Waals surface area contributed by atoms with E-state index < -0.39 is 11.0 Å². The molecule has 0 radical (unpaired) electrons. The van der Waals surface area contributed by atoms with Crippen molar-refractivity contribution in [3.8, 4) is 0 Å². The van der Waals surface area contributed by atoms with Crippen molar-refractivity contribution in [3.05, 3.63) is 22.0 Å². The van der Waals surface area contributed by atoms with Crippen LogP contribution in [0.3, 0.4) is 0 Å². The Morgan fingerprint density at radius 3 is 2.95 bits per heavy atom. The first-order chi connectivity index (χ1) is 9.90. The number of hydrogen-bond donors (Lipinski definition) is 0. The van der Waals surface area contributed by atoms with Crippen LogP contribution in [0.2, 0.25) is 0 Å². The Bertz CT molecular complexity index is 547. The normalized spacial score (nSPS) is 26.1. The average Bonchev–Trinajstić information content (AvgIpc) is 2.70. The molecule has 2 rings (SSSR count). The quantitative estimate of drug-likeness (QED) is 0.353. The molecule has 1 fully saturated rings. The standard InChI is InChI=1S/C12H16BrN3O5/c1-7(17)21-10-3-4-11(20-6-8(10)13)12-9(16(18)19)5-14-15(12)2/h5,8,10-11H,3-4,6H2,1-2H3/t8-,10+,11-/m0/s1. The van der Waals surface area contributed by atoms with Gasteiger partial charge in [0.1, 0.15) is 24.1 Å². The van der Waals surface area contributed by atoms with E-state index in [2.05, 4.69) is 21.0 Å². The van der Waals surface area contributed by atoms with Gasteiger partial charge in [-0.2, -0.15) is 5.10 Å². The molecule has 3 atom stereocenters. The van der Waals surface area contributed by atoms with Crippen LogP contribution < -0.4 is 0 Å². The summed E-state index contributed by atoms with van der Waals surface area (Å²) < 4.78 is 12.4. The summed E-state index contributed by atoms with van der Waals surface area (Å²) in [6.45, 7) is 1.65. The predicted molar refractivity (Wildman–Crippen MR) is 76.1 cm³/mol. The summed E-state index contributed by atoms with van der Waals surface area (Å²) in [7, 11) is 1.64. The molecule has 21 heavy (non-hydrogen) atoms. The maximum absolute atomic E-state index is 11.1. The Hall–Kier alpha value is -1.48. The van der Waals surface area contributed by atoms with Gasteiger partial charge in [-0.15, -0.1) is 0 Å². The first-order valence-electron chi connectivity index (χ1n) is 6.49. The number of carbonyl (C=O) groups is 1. The van der Waals surface area contributed by atoms with Crippen molar-refractivity contribution in [3.63, 3.8) is 0 Å². The second kappa shape index (κ2) is 6.52. The van der Waals surface area contributed by atoms with Crippen molar-refractivity contribution in [2.75, 3.05) is 6.61 Å². The fourth-order valence-corrected chi connectivity index (χ4v) is 2.93. The van der Waals surface area contributed by atoms with Gasteiger partial charge in [-0.25, -0.2) is 0 Å². The van der Waals surface area contributed by atoms with Crippen LogP contribution in [0.5, 0.6) is 0 Å². The summed E-state index contributed by atoms with van der Waals surface area (Å²) in [5.41, 5.74) is 0.378. The lowest BCUT2D eigenvalue weighted by molar-refractivity contribution is -0.386. The van der Waals surface area contributed by atoms with Gasteiger partial charge in [0.15, 0.2) is 0 Å². The number of carbonyl (C=O) groups excluding carboxylic acids is 1. The first kappa shape index (κ1) is 15.9. The van der Waals surface area contributed by atoms with E-state index in [1.54, 1.807) is 7.05 Å². The van der Waals surface area contributed by atoms with Crippen LogP contribution in [0.1, 0.15) is 31.6 Å². The lowest BCUT2D eigenvalue weighted by Crippen LogP contribution is -2.27. The lowest BCUT2D eigenvalue weighted by Gasteiger charge is -2.18. The van der Waals surface area contributed by atoms with Crippen LogP contribution in [0, 0.1) is 10.1 Å². The van der Waals surface area contributed by atoms with E-state index in [1.165, 1.54) is 17.8 Å². The summed E-state index contributed by atoms with van der Waals surface area (Å²) in [5, 5.41) is 15.0. The molecule has 2 heterocycles. The number of aromatic nitrogens is 2. The lowest BCUT2D eigenvalue weighted by atomic mass is 10.1. The highest BCUT2D eigenvalue weighted by atomic mass is 79.9. The summed E-state index contributed by atoms with van der Waals surface area (Å²) in [4.78, 5) is 21.5. The number of rotatable bonds is 3. The molecule has 0 unspecified atom stereocenters. The molecule has 116 valence electrons. The van der Waals surface area contributed by atoms with E-state index in [0.29, 0.717) is 25.1 Å². The molecular formula is C12H16BrN3O5. The Balaban J connectivity index is 2.18. The van der Waals surface area contributed by atoms with Crippen LogP contribution in [-0.4, -0.2) is 38.2 Å². The number of hydrogen-bond acceptors (Lipinski definition) is 6. The minimum absolute atomic E-state index is 0.0560. The predicted octanol–water partition coefficient (Wildman–Crippen LogP) is 1.87. The van der Waals surface area contributed by atoms with E-state index in [-0.39, 0.29) is 22.6 Å². The smallest absolute Gasteiger partial charge is 0.312 e. The van der Waals surface area contributed by atoms with Gasteiger partial charge in [0.05, 0.1) is 16.4 Å². The molecule has 0 N–H and O–H groups in total. The highest BCUT2D eigenvalue weighted by Crippen LogP contribution is 2.34. The van der Waals surface area contributed by atoms with Crippen molar-refractivity contribution < 1.29 is 19.2 Å². The molecule has 8 nitrogen and oxygen atoms in total. The van der Waals surface area contributed by atoms with Gasteiger partial charge in [0, 0.05) is 14.0 Å². The summed E-state index contributed by atoms with van der Waals surface area (Å²) >= 11 is 3.43. The molecule has 1 aliphatic heterocycles. The maximum Gasteiger partial charge on any atom is 0.312 e. The molecule has 0 spiro atoms. The zero-order valence-corrected chi connectivity index (χ0v) is 13.3. The molecule has 1 saturated heterocycles. The maximum atomic E-state index is 11.1. The third-order valence-electron chi connectivity index (χ3n) is 3.36. The third kappa shape index (κ3) is 3.59. The van der Waals surface area contributed by atoms with Crippen molar-refractivity contribution in [2.24, 2.45) is 7.05 Å². The Morgan fingerprint density at radius 2 is 2.33 bits per heavy atom. The van der Waals surface area contributed by atoms with E-state index in [1.807, 2.05) is 0 Å². The average molecular weight is 362 g/mol. The monoisotopic (exact) mass is 361 g/mol. The second-order valence-corrected chi connectivity index (χ2v) is 6.04. The van der Waals surface area contributed by atoms with Gasteiger partial charge < -0.3 is 9.47 Å². The number of halogens is 1. The first-order valence-corrected chi connectivity index (χ1v) is 7.41. The van der Waals surface area contributed by atoms with Crippen LogP contribution in [-0.2, 0) is 21.3 Å². The van der Waals surface area contributed by atoms with E-state index >= 15 is 0 Å². The summed E-state index contributed by atoms with van der Waals surface area (Å²) in [5.74, 6) is -0.352. The number of alkyl halides is 1. The minimum atomic E-state index is -0.467. The third-order valence-corrected chi connectivity index (χ3v) is 4.21.